The molecule has 0 unspecified atom stereocenters. The van der Waals surface area contributed by atoms with Gasteiger partial charge in [0.2, 0.25) is 0 Å². The molecule has 1 heterocycles. The van der Waals surface area contributed by atoms with Gasteiger partial charge in [-0.3, -0.25) is 14.9 Å². The molecule has 1 N–H and O–H groups in total. The van der Waals surface area contributed by atoms with Crippen molar-refractivity contribution in [2.45, 2.75) is 31.7 Å². The molecule has 1 atom stereocenters. The molecule has 0 bridgehead atoms. The summed E-state index contributed by atoms with van der Waals surface area (Å²) in [5.41, 5.74) is -3.08. The van der Waals surface area contributed by atoms with Gasteiger partial charge in [-0.2, -0.15) is 23.3 Å². The Balaban J connectivity index is 2.03. The average molecular weight is 407 g/mol. The molecule has 0 radical (unpaired) electrons. The highest BCUT2D eigenvalue weighted by Crippen LogP contribution is 2.40. The molecule has 0 saturated heterocycles. The molecule has 0 aliphatic carbocycles. The summed E-state index contributed by atoms with van der Waals surface area (Å²) in [6, 6.07) is 10.5. The van der Waals surface area contributed by atoms with Gasteiger partial charge in [0.1, 0.15) is 5.71 Å². The second-order valence-corrected chi connectivity index (χ2v) is 6.51. The van der Waals surface area contributed by atoms with Gasteiger partial charge in [0.15, 0.2) is 5.72 Å². The van der Waals surface area contributed by atoms with Gasteiger partial charge in [0, 0.05) is 23.3 Å². The monoisotopic (exact) mass is 407 g/mol. The number of hydrogen-bond acceptors (Lipinski definition) is 5. The van der Waals surface area contributed by atoms with E-state index in [0.29, 0.717) is 11.4 Å². The van der Waals surface area contributed by atoms with Crippen LogP contribution in [0.4, 0.5) is 18.9 Å². The molecule has 1 aliphatic heterocycles. The summed E-state index contributed by atoms with van der Waals surface area (Å²) in [7, 11) is 0. The van der Waals surface area contributed by atoms with Crippen molar-refractivity contribution >= 4 is 17.3 Å². The van der Waals surface area contributed by atoms with Crippen molar-refractivity contribution in [2.75, 3.05) is 0 Å². The summed E-state index contributed by atoms with van der Waals surface area (Å²) in [6.07, 6.45) is -5.07. The number of non-ortho nitro benzene ring substituents is 1. The maximum absolute atomic E-state index is 13.3. The number of carbonyl (C=O) groups excluding carboxylic acids is 1. The average Bonchev–Trinajstić information content (AvgIpc) is 3.06. The number of aliphatic hydroxyl groups is 1. The summed E-state index contributed by atoms with van der Waals surface area (Å²) >= 11 is 0. The van der Waals surface area contributed by atoms with E-state index in [4.69, 9.17) is 0 Å². The molecule has 1 amide bonds. The van der Waals surface area contributed by atoms with Crippen molar-refractivity contribution in [3.8, 4) is 0 Å². The molecule has 0 fully saturated rings. The zero-order valence-corrected chi connectivity index (χ0v) is 15.2. The summed E-state index contributed by atoms with van der Waals surface area (Å²) in [5, 5.41) is 25.6. The molecule has 7 nitrogen and oxygen atoms in total. The number of hydrazone groups is 1. The highest BCUT2D eigenvalue weighted by Gasteiger charge is 2.53. The number of halogens is 3. The molecule has 0 spiro atoms. The lowest BCUT2D eigenvalue weighted by Crippen LogP contribution is -2.43. The number of carbonyl (C=O) groups is 1. The van der Waals surface area contributed by atoms with E-state index in [0.717, 1.165) is 29.8 Å². The summed E-state index contributed by atoms with van der Waals surface area (Å²) < 4.78 is 39.8. The minimum atomic E-state index is -4.83. The SMILES string of the molecule is CCc1ccc([C@@]2(O)CC(C(F)(F)F)=NN2C(=O)c2ccc([N+](=O)[O-])cc2)cc1. The van der Waals surface area contributed by atoms with Crippen LogP contribution in [-0.4, -0.2) is 32.8 Å². The first-order valence-corrected chi connectivity index (χ1v) is 8.61. The fraction of sp³-hybridized carbons (Fsp3) is 0.263. The number of amides is 1. The second-order valence-electron chi connectivity index (χ2n) is 6.51. The van der Waals surface area contributed by atoms with Crippen molar-refractivity contribution in [1.29, 1.82) is 0 Å². The molecule has 2 aromatic carbocycles. The van der Waals surface area contributed by atoms with Crippen LogP contribution < -0.4 is 0 Å². The number of benzene rings is 2. The molecule has 2 aromatic rings. The maximum Gasteiger partial charge on any atom is 0.431 e. The van der Waals surface area contributed by atoms with Crippen molar-refractivity contribution < 1.29 is 28.0 Å². The van der Waals surface area contributed by atoms with Gasteiger partial charge in [-0.05, 0) is 24.1 Å². The van der Waals surface area contributed by atoms with Gasteiger partial charge in [-0.25, -0.2) is 0 Å². The van der Waals surface area contributed by atoms with E-state index in [1.54, 1.807) is 12.1 Å². The van der Waals surface area contributed by atoms with Crippen molar-refractivity contribution in [1.82, 2.24) is 5.01 Å². The van der Waals surface area contributed by atoms with Gasteiger partial charge in [0.05, 0.1) is 11.3 Å². The van der Waals surface area contributed by atoms with E-state index < -0.39 is 34.9 Å². The van der Waals surface area contributed by atoms with Gasteiger partial charge >= 0.3 is 6.18 Å². The highest BCUT2D eigenvalue weighted by atomic mass is 19.4. The van der Waals surface area contributed by atoms with Crippen LogP contribution in [0.15, 0.2) is 53.6 Å². The van der Waals surface area contributed by atoms with Crippen molar-refractivity contribution in [3.05, 3.63) is 75.3 Å². The molecule has 152 valence electrons. The first kappa shape index (κ1) is 20.5. The fourth-order valence-corrected chi connectivity index (χ4v) is 3.00. The summed E-state index contributed by atoms with van der Waals surface area (Å²) in [5.74, 6) is -1.01. The lowest BCUT2D eigenvalue weighted by molar-refractivity contribution is -0.384. The minimum absolute atomic E-state index is 0.0768. The second kappa shape index (κ2) is 7.28. The third-order valence-corrected chi connectivity index (χ3v) is 4.65. The number of aryl methyl sites for hydroxylation is 1. The molecule has 3 rings (SSSR count). The Bertz CT molecular complexity index is 972. The summed E-state index contributed by atoms with van der Waals surface area (Å²) in [6.45, 7) is 1.90. The quantitative estimate of drug-likeness (QED) is 0.617. The zero-order valence-electron chi connectivity index (χ0n) is 15.2. The first-order valence-electron chi connectivity index (χ1n) is 8.61. The Kier molecular flexibility index (Phi) is 5.14. The van der Waals surface area contributed by atoms with Gasteiger partial charge in [0.25, 0.3) is 11.6 Å². The fourth-order valence-electron chi connectivity index (χ4n) is 3.00. The predicted molar refractivity (Wildman–Crippen MR) is 97.1 cm³/mol. The highest BCUT2D eigenvalue weighted by molar-refractivity contribution is 6.00. The number of nitrogens with zero attached hydrogens (tertiary/aromatic N) is 3. The normalized spacial score (nSPS) is 19.2. The lowest BCUT2D eigenvalue weighted by Gasteiger charge is -2.31. The Morgan fingerprint density at radius 3 is 2.28 bits per heavy atom. The third kappa shape index (κ3) is 3.83. The van der Waals surface area contributed by atoms with Gasteiger partial charge in [-0.1, -0.05) is 31.2 Å². The number of nitro benzene ring substituents is 1. The van der Waals surface area contributed by atoms with Crippen molar-refractivity contribution in [3.63, 3.8) is 0 Å². The largest absolute Gasteiger partial charge is 0.431 e. The topological polar surface area (TPSA) is 96.0 Å². The van der Waals surface area contributed by atoms with Crippen LogP contribution in [0.25, 0.3) is 0 Å². The van der Waals surface area contributed by atoms with E-state index in [1.807, 2.05) is 6.92 Å². The van der Waals surface area contributed by atoms with Crippen LogP contribution in [-0.2, 0) is 12.1 Å². The van der Waals surface area contributed by atoms with Crippen LogP contribution in [0.1, 0.15) is 34.8 Å². The molecule has 29 heavy (non-hydrogen) atoms. The number of rotatable bonds is 4. The summed E-state index contributed by atoms with van der Waals surface area (Å²) in [4.78, 5) is 22.9. The lowest BCUT2D eigenvalue weighted by atomic mass is 9.95. The Morgan fingerprint density at radius 1 is 1.21 bits per heavy atom. The van der Waals surface area contributed by atoms with Gasteiger partial charge < -0.3 is 5.11 Å². The number of nitro groups is 1. The number of alkyl halides is 3. The van der Waals surface area contributed by atoms with E-state index in [1.165, 1.54) is 12.1 Å². The third-order valence-electron chi connectivity index (χ3n) is 4.65. The molecule has 10 heteroatoms. The minimum Gasteiger partial charge on any atom is -0.365 e. The maximum atomic E-state index is 13.3. The molecule has 1 aliphatic rings. The van der Waals surface area contributed by atoms with E-state index in [2.05, 4.69) is 5.10 Å². The first-order chi connectivity index (χ1) is 13.6. The van der Waals surface area contributed by atoms with Crippen LogP contribution in [0.3, 0.4) is 0 Å². The smallest absolute Gasteiger partial charge is 0.365 e. The van der Waals surface area contributed by atoms with Crippen LogP contribution >= 0.6 is 0 Å². The molecule has 0 saturated carbocycles. The Hall–Kier alpha value is -3.27. The molecular formula is C19H16F3N3O4. The van der Waals surface area contributed by atoms with E-state index in [9.17, 15) is 33.2 Å². The van der Waals surface area contributed by atoms with Gasteiger partial charge in [-0.15, -0.1) is 0 Å². The van der Waals surface area contributed by atoms with Crippen LogP contribution in [0.5, 0.6) is 0 Å². The zero-order chi connectivity index (χ0) is 21.4. The molecule has 0 aromatic heterocycles. The van der Waals surface area contributed by atoms with E-state index in [-0.39, 0.29) is 16.8 Å². The Labute approximate surface area is 163 Å². The van der Waals surface area contributed by atoms with Crippen LogP contribution in [0.2, 0.25) is 0 Å². The number of hydrogen-bond donors (Lipinski definition) is 1. The Morgan fingerprint density at radius 2 is 1.79 bits per heavy atom. The van der Waals surface area contributed by atoms with Crippen LogP contribution in [0, 0.1) is 10.1 Å². The predicted octanol–water partition coefficient (Wildman–Crippen LogP) is 3.77. The van der Waals surface area contributed by atoms with Crippen molar-refractivity contribution in [2.24, 2.45) is 5.10 Å². The molecular weight excluding hydrogens is 391 g/mol. The van der Waals surface area contributed by atoms with E-state index >= 15 is 0 Å². The standard InChI is InChI=1S/C19H16F3N3O4/c1-2-12-3-7-14(8-4-12)18(27)11-16(19(20,21)22)23-24(18)17(26)13-5-9-15(10-6-13)25(28)29/h3-10,27H,2,11H2,1H3/t18-/m0/s1.